The average molecular weight is 237 g/mol. The molecule has 0 aromatic heterocycles. The lowest BCUT2D eigenvalue weighted by atomic mass is 10.0. The van der Waals surface area contributed by atoms with Crippen LogP contribution in [-0.4, -0.2) is 5.11 Å². The van der Waals surface area contributed by atoms with Gasteiger partial charge in [0.1, 0.15) is 0 Å². The normalized spacial score (nSPS) is 13.7. The molecule has 5 heteroatoms. The fourth-order valence-electron chi connectivity index (χ4n) is 1.16. The monoisotopic (exact) mass is 236 g/mol. The first-order valence-electron chi connectivity index (χ1n) is 4.03. The van der Waals surface area contributed by atoms with E-state index in [0.717, 1.165) is 24.3 Å². The van der Waals surface area contributed by atoms with Gasteiger partial charge in [-0.1, -0.05) is 17.7 Å². The molecule has 0 amide bonds. The number of aliphatic hydroxyl groups is 1. The van der Waals surface area contributed by atoms with E-state index >= 15 is 0 Å². The Morgan fingerprint density at radius 2 is 2.00 bits per heavy atom. The highest BCUT2D eigenvalue weighted by atomic mass is 35.5. The van der Waals surface area contributed by atoms with Gasteiger partial charge >= 0.3 is 6.18 Å². The van der Waals surface area contributed by atoms with Crippen LogP contribution in [0.2, 0.25) is 5.02 Å². The van der Waals surface area contributed by atoms with Crippen molar-refractivity contribution in [3.05, 3.63) is 47.0 Å². The Morgan fingerprint density at radius 3 is 2.47 bits per heavy atom. The summed E-state index contributed by atoms with van der Waals surface area (Å²) in [5.41, 5.74) is -1.19. The molecule has 0 bridgehead atoms. The van der Waals surface area contributed by atoms with E-state index in [1.165, 1.54) is 0 Å². The second kappa shape index (κ2) is 4.24. The van der Waals surface area contributed by atoms with Gasteiger partial charge in [0, 0.05) is 5.02 Å². The largest absolute Gasteiger partial charge is 0.416 e. The summed E-state index contributed by atoms with van der Waals surface area (Å²) in [6, 6.07) is 3.05. The number of rotatable bonds is 2. The van der Waals surface area contributed by atoms with E-state index in [4.69, 9.17) is 11.6 Å². The highest BCUT2D eigenvalue weighted by Crippen LogP contribution is 2.36. The van der Waals surface area contributed by atoms with Gasteiger partial charge in [0.05, 0.1) is 11.7 Å². The number of benzene rings is 1. The smallest absolute Gasteiger partial charge is 0.384 e. The van der Waals surface area contributed by atoms with Crippen LogP contribution in [0, 0.1) is 0 Å². The molecule has 1 unspecified atom stereocenters. The van der Waals surface area contributed by atoms with E-state index in [1.54, 1.807) is 0 Å². The van der Waals surface area contributed by atoms with Crippen LogP contribution in [0.25, 0.3) is 0 Å². The van der Waals surface area contributed by atoms with Crippen LogP contribution in [-0.2, 0) is 6.18 Å². The number of hydrogen-bond donors (Lipinski definition) is 1. The molecule has 82 valence electrons. The van der Waals surface area contributed by atoms with E-state index in [0.29, 0.717) is 0 Å². The molecule has 1 atom stereocenters. The Labute approximate surface area is 89.8 Å². The molecular weight excluding hydrogens is 229 g/mol. The predicted octanol–water partition coefficient (Wildman–Crippen LogP) is 3.58. The van der Waals surface area contributed by atoms with Gasteiger partial charge in [-0.15, -0.1) is 6.58 Å². The van der Waals surface area contributed by atoms with Crippen LogP contribution in [0.1, 0.15) is 17.2 Å². The maximum Gasteiger partial charge on any atom is 0.416 e. The third kappa shape index (κ3) is 2.73. The molecule has 0 aliphatic heterocycles. The summed E-state index contributed by atoms with van der Waals surface area (Å²) in [5.74, 6) is 0. The maximum atomic E-state index is 12.5. The minimum Gasteiger partial charge on any atom is -0.384 e. The summed E-state index contributed by atoms with van der Waals surface area (Å²) >= 11 is 5.56. The molecule has 1 aromatic carbocycles. The van der Waals surface area contributed by atoms with Gasteiger partial charge in [0.25, 0.3) is 0 Å². The van der Waals surface area contributed by atoms with E-state index in [1.807, 2.05) is 0 Å². The maximum absolute atomic E-state index is 12.5. The number of aliphatic hydroxyl groups excluding tert-OH is 1. The van der Waals surface area contributed by atoms with E-state index < -0.39 is 17.8 Å². The van der Waals surface area contributed by atoms with Gasteiger partial charge < -0.3 is 5.11 Å². The molecule has 0 aliphatic carbocycles. The van der Waals surface area contributed by atoms with Gasteiger partial charge in [-0.05, 0) is 23.8 Å². The van der Waals surface area contributed by atoms with Crippen molar-refractivity contribution in [3.8, 4) is 0 Å². The molecule has 0 saturated heterocycles. The van der Waals surface area contributed by atoms with Gasteiger partial charge in [0.15, 0.2) is 0 Å². The van der Waals surface area contributed by atoms with Crippen LogP contribution in [0.3, 0.4) is 0 Å². The van der Waals surface area contributed by atoms with Crippen LogP contribution >= 0.6 is 11.6 Å². The highest BCUT2D eigenvalue weighted by molar-refractivity contribution is 6.30. The molecule has 0 radical (unpaired) electrons. The molecule has 0 aliphatic rings. The third-order valence-corrected chi connectivity index (χ3v) is 2.10. The fraction of sp³-hybridized carbons (Fsp3) is 0.200. The Hall–Kier alpha value is -1.00. The zero-order valence-electron chi connectivity index (χ0n) is 7.55. The summed E-state index contributed by atoms with van der Waals surface area (Å²) in [6.45, 7) is 3.23. The molecule has 0 spiro atoms. The second-order valence-corrected chi connectivity index (χ2v) is 3.35. The van der Waals surface area contributed by atoms with E-state index in [-0.39, 0.29) is 10.6 Å². The summed E-state index contributed by atoms with van der Waals surface area (Å²) in [4.78, 5) is 0. The first-order valence-corrected chi connectivity index (χ1v) is 4.41. The van der Waals surface area contributed by atoms with Crippen LogP contribution in [0.15, 0.2) is 30.9 Å². The molecule has 1 nitrogen and oxygen atoms in total. The first-order chi connectivity index (χ1) is 6.86. The Balaban J connectivity index is 3.33. The highest BCUT2D eigenvalue weighted by Gasteiger charge is 2.34. The lowest BCUT2D eigenvalue weighted by Crippen LogP contribution is -2.11. The number of alkyl halides is 3. The topological polar surface area (TPSA) is 20.2 Å². The van der Waals surface area contributed by atoms with Crippen molar-refractivity contribution in [2.45, 2.75) is 12.3 Å². The van der Waals surface area contributed by atoms with Crippen LogP contribution in [0.5, 0.6) is 0 Å². The van der Waals surface area contributed by atoms with Crippen molar-refractivity contribution >= 4 is 11.6 Å². The fourth-order valence-corrected chi connectivity index (χ4v) is 1.34. The van der Waals surface area contributed by atoms with Crippen LogP contribution < -0.4 is 0 Å². The summed E-state index contributed by atoms with van der Waals surface area (Å²) < 4.78 is 37.5. The predicted molar refractivity (Wildman–Crippen MR) is 51.6 cm³/mol. The van der Waals surface area contributed by atoms with Gasteiger partial charge in [-0.25, -0.2) is 0 Å². The Morgan fingerprint density at radius 1 is 1.40 bits per heavy atom. The Bertz CT molecular complexity index is 373. The second-order valence-electron chi connectivity index (χ2n) is 2.91. The summed E-state index contributed by atoms with van der Waals surface area (Å²) in [7, 11) is 0. The molecular formula is C10H8ClF3O. The van der Waals surface area contributed by atoms with Gasteiger partial charge in [-0.3, -0.25) is 0 Å². The van der Waals surface area contributed by atoms with Crippen LogP contribution in [0.4, 0.5) is 13.2 Å². The Kier molecular flexibility index (Phi) is 3.42. The molecule has 1 rings (SSSR count). The zero-order chi connectivity index (χ0) is 11.6. The quantitative estimate of drug-likeness (QED) is 0.779. The summed E-state index contributed by atoms with van der Waals surface area (Å²) in [5, 5.41) is 9.46. The molecule has 15 heavy (non-hydrogen) atoms. The SMILES string of the molecule is C=CC(O)c1cc(Cl)ccc1C(F)(F)F. The zero-order valence-corrected chi connectivity index (χ0v) is 8.31. The minimum absolute atomic E-state index is 0.138. The van der Waals surface area contributed by atoms with Crippen molar-refractivity contribution in [3.63, 3.8) is 0 Å². The van der Waals surface area contributed by atoms with Gasteiger partial charge in [-0.2, -0.15) is 13.2 Å². The van der Waals surface area contributed by atoms with Crippen molar-refractivity contribution in [2.24, 2.45) is 0 Å². The van der Waals surface area contributed by atoms with E-state index in [2.05, 4.69) is 6.58 Å². The van der Waals surface area contributed by atoms with Crippen molar-refractivity contribution in [2.75, 3.05) is 0 Å². The lowest BCUT2D eigenvalue weighted by molar-refractivity contribution is -0.138. The first kappa shape index (κ1) is 12.1. The van der Waals surface area contributed by atoms with Gasteiger partial charge in [0.2, 0.25) is 0 Å². The molecule has 0 saturated carbocycles. The number of hydrogen-bond acceptors (Lipinski definition) is 1. The molecule has 1 N–H and O–H groups in total. The number of halogens is 4. The average Bonchev–Trinajstić information content (AvgIpc) is 2.14. The molecule has 0 heterocycles. The standard InChI is InChI=1S/C10H8ClF3O/c1-2-9(15)7-5-6(11)3-4-8(7)10(12,13)14/h2-5,9,15H,1H2. The molecule has 0 fully saturated rings. The van der Waals surface area contributed by atoms with Crippen molar-refractivity contribution in [1.82, 2.24) is 0 Å². The van der Waals surface area contributed by atoms with Crippen molar-refractivity contribution < 1.29 is 18.3 Å². The van der Waals surface area contributed by atoms with E-state index in [9.17, 15) is 18.3 Å². The minimum atomic E-state index is -4.51. The van der Waals surface area contributed by atoms with Crippen molar-refractivity contribution in [1.29, 1.82) is 0 Å². The third-order valence-electron chi connectivity index (χ3n) is 1.86. The molecule has 1 aromatic rings. The lowest BCUT2D eigenvalue weighted by Gasteiger charge is -2.15. The summed E-state index contributed by atoms with van der Waals surface area (Å²) in [6.07, 6.45) is -4.87.